The van der Waals surface area contributed by atoms with Crippen LogP contribution in [-0.2, 0) is 0 Å². The molecule has 3 aromatic carbocycles. The molecule has 2 aliphatic rings. The van der Waals surface area contributed by atoms with Crippen LogP contribution in [0, 0.1) is 11.8 Å². The van der Waals surface area contributed by atoms with Crippen LogP contribution >= 0.6 is 0 Å². The Morgan fingerprint density at radius 2 is 1.16 bits per heavy atom. The third-order valence-electron chi connectivity index (χ3n) is 7.53. The van der Waals surface area contributed by atoms with Gasteiger partial charge in [-0.2, -0.15) is 0 Å². The van der Waals surface area contributed by atoms with Crippen molar-refractivity contribution in [3.05, 3.63) is 138 Å². The van der Waals surface area contributed by atoms with E-state index >= 15 is 0 Å². The van der Waals surface area contributed by atoms with Gasteiger partial charge in [0.1, 0.15) is 0 Å². The maximum atomic E-state index is 2.60. The Kier molecular flexibility index (Phi) is 5.61. The molecule has 0 aromatic heterocycles. The highest BCUT2D eigenvalue weighted by molar-refractivity contribution is 6.97. The lowest BCUT2D eigenvalue weighted by Crippen LogP contribution is -2.35. The Labute approximate surface area is 194 Å². The lowest BCUT2D eigenvalue weighted by Gasteiger charge is -2.34. The van der Waals surface area contributed by atoms with E-state index in [9.17, 15) is 0 Å². The summed E-state index contributed by atoms with van der Waals surface area (Å²) in [5.74, 6) is 1.33. The summed E-state index contributed by atoms with van der Waals surface area (Å²) < 4.78 is 0. The van der Waals surface area contributed by atoms with Gasteiger partial charge in [-0.05, 0) is 28.1 Å². The first-order chi connectivity index (χ1) is 15.6. The van der Waals surface area contributed by atoms with Gasteiger partial charge in [0.25, 0.3) is 0 Å². The molecule has 0 N–H and O–H groups in total. The molecule has 0 saturated carbocycles. The van der Waals surface area contributed by atoms with Gasteiger partial charge in [-0.1, -0.05) is 146 Å². The fourth-order valence-electron chi connectivity index (χ4n) is 6.20. The van der Waals surface area contributed by atoms with Crippen LogP contribution in [0.5, 0.6) is 0 Å². The van der Waals surface area contributed by atoms with Crippen LogP contribution in [-0.4, -0.2) is 8.07 Å². The van der Waals surface area contributed by atoms with Crippen molar-refractivity contribution in [1.82, 2.24) is 0 Å². The van der Waals surface area contributed by atoms with Crippen LogP contribution in [0.1, 0.15) is 35.1 Å². The van der Waals surface area contributed by atoms with Crippen molar-refractivity contribution in [1.29, 1.82) is 0 Å². The number of hydrogen-bond acceptors (Lipinski definition) is 0. The molecule has 160 valence electrons. The number of allylic oxidation sites excluding steroid dienone is 5. The van der Waals surface area contributed by atoms with Crippen LogP contribution in [0.3, 0.4) is 0 Å². The molecule has 0 radical (unpaired) electrons. The van der Waals surface area contributed by atoms with Crippen molar-refractivity contribution in [2.45, 2.75) is 31.5 Å². The first kappa shape index (κ1) is 21.0. The van der Waals surface area contributed by atoms with Crippen molar-refractivity contribution in [2.24, 2.45) is 11.8 Å². The predicted octanol–water partition coefficient (Wildman–Crippen LogP) is 8.19. The number of benzene rings is 3. The van der Waals surface area contributed by atoms with E-state index in [0.29, 0.717) is 23.3 Å². The average Bonchev–Trinajstić information content (AvgIpc) is 3.08. The summed E-state index contributed by atoms with van der Waals surface area (Å²) in [5.41, 5.74) is 6.54. The first-order valence-electron chi connectivity index (χ1n) is 11.8. The molecule has 1 heterocycles. The first-order valence-corrected chi connectivity index (χ1v) is 14.9. The molecule has 4 atom stereocenters. The molecule has 1 aliphatic heterocycles. The van der Waals surface area contributed by atoms with Crippen molar-refractivity contribution in [2.75, 3.05) is 0 Å². The zero-order valence-electron chi connectivity index (χ0n) is 19.3. The Balaban J connectivity index is 1.82. The van der Waals surface area contributed by atoms with Gasteiger partial charge in [-0.25, -0.2) is 0 Å². The van der Waals surface area contributed by atoms with Crippen molar-refractivity contribution < 1.29 is 0 Å². The second-order valence-electron chi connectivity index (χ2n) is 9.85. The molecular weight excluding hydrogens is 400 g/mol. The van der Waals surface area contributed by atoms with Gasteiger partial charge in [0.2, 0.25) is 0 Å². The lowest BCUT2D eigenvalue weighted by atomic mass is 9.73. The Morgan fingerprint density at radius 1 is 0.625 bits per heavy atom. The molecule has 0 nitrogen and oxygen atoms in total. The Hall–Kier alpha value is -2.90. The van der Waals surface area contributed by atoms with Gasteiger partial charge in [0, 0.05) is 11.8 Å². The van der Waals surface area contributed by atoms with E-state index in [-0.39, 0.29) is 0 Å². The van der Waals surface area contributed by atoms with E-state index in [1.807, 2.05) is 0 Å². The van der Waals surface area contributed by atoms with Gasteiger partial charge in [0.05, 0.1) is 8.07 Å². The molecule has 0 spiro atoms. The van der Waals surface area contributed by atoms with E-state index < -0.39 is 8.07 Å². The molecule has 0 saturated heterocycles. The summed E-state index contributed by atoms with van der Waals surface area (Å²) in [7, 11) is -1.88. The zero-order valence-corrected chi connectivity index (χ0v) is 20.3. The topological polar surface area (TPSA) is 0 Å². The van der Waals surface area contributed by atoms with Crippen LogP contribution in [0.25, 0.3) is 5.20 Å². The normalized spacial score (nSPS) is 26.5. The monoisotopic (exact) mass is 432 g/mol. The van der Waals surface area contributed by atoms with Crippen LogP contribution < -0.4 is 0 Å². The molecule has 0 bridgehead atoms. The summed E-state index contributed by atoms with van der Waals surface area (Å²) in [4.78, 5) is 0. The minimum atomic E-state index is -1.88. The quantitative estimate of drug-likeness (QED) is 0.365. The van der Waals surface area contributed by atoms with Crippen LogP contribution in [0.15, 0.2) is 121 Å². The molecule has 32 heavy (non-hydrogen) atoms. The standard InChI is InChI=1S/C31H32Si/c1-23-15-13-14-22-27(23)29-28(24-16-7-4-8-17-24)30(25-18-9-5-10-19-25)32(2,3)31(29)26-20-11-6-12-21-26/h4-23,27-28,30H,1-3H3. The third-order valence-corrected chi connectivity index (χ3v) is 11.6. The molecule has 1 aliphatic carbocycles. The zero-order chi connectivity index (χ0) is 22.1. The number of hydrogen-bond donors (Lipinski definition) is 0. The summed E-state index contributed by atoms with van der Waals surface area (Å²) in [6.45, 7) is 7.58. The highest BCUT2D eigenvalue weighted by Crippen LogP contribution is 2.59. The molecule has 5 rings (SSSR count). The van der Waals surface area contributed by atoms with Gasteiger partial charge in [-0.15, -0.1) is 0 Å². The minimum Gasteiger partial charge on any atom is -0.0808 e. The molecule has 0 amide bonds. The maximum absolute atomic E-state index is 2.60. The van der Waals surface area contributed by atoms with Gasteiger partial charge in [0.15, 0.2) is 0 Å². The smallest absolute Gasteiger partial charge is 0.0808 e. The van der Waals surface area contributed by atoms with Crippen molar-refractivity contribution in [3.63, 3.8) is 0 Å². The van der Waals surface area contributed by atoms with Crippen molar-refractivity contribution >= 4 is 13.3 Å². The lowest BCUT2D eigenvalue weighted by molar-refractivity contribution is 0.536. The van der Waals surface area contributed by atoms with Gasteiger partial charge < -0.3 is 0 Å². The second-order valence-corrected chi connectivity index (χ2v) is 14.4. The average molecular weight is 433 g/mol. The highest BCUT2D eigenvalue weighted by atomic mass is 28.3. The molecule has 0 fully saturated rings. The highest BCUT2D eigenvalue weighted by Gasteiger charge is 2.52. The second kappa shape index (κ2) is 8.56. The largest absolute Gasteiger partial charge is 0.0897 e. The maximum Gasteiger partial charge on any atom is 0.0897 e. The van der Waals surface area contributed by atoms with Gasteiger partial charge in [-0.3, -0.25) is 0 Å². The fraction of sp³-hybridized carbons (Fsp3) is 0.226. The molecule has 3 aromatic rings. The third kappa shape index (κ3) is 3.55. The van der Waals surface area contributed by atoms with Crippen molar-refractivity contribution in [3.8, 4) is 0 Å². The van der Waals surface area contributed by atoms with E-state index in [1.165, 1.54) is 16.7 Å². The van der Waals surface area contributed by atoms with Crippen LogP contribution in [0.4, 0.5) is 0 Å². The molecule has 1 heteroatoms. The SMILES string of the molecule is CC1C=CC=CC1C1=C(c2ccccc2)[Si](C)(C)C(c2ccccc2)C1c1ccccc1. The van der Waals surface area contributed by atoms with E-state index in [2.05, 4.69) is 135 Å². The van der Waals surface area contributed by atoms with E-state index in [1.54, 1.807) is 10.8 Å². The summed E-state index contributed by atoms with van der Waals surface area (Å²) in [6.07, 6.45) is 9.31. The number of rotatable bonds is 4. The van der Waals surface area contributed by atoms with E-state index in [0.717, 1.165) is 0 Å². The van der Waals surface area contributed by atoms with Crippen LogP contribution in [0.2, 0.25) is 13.1 Å². The summed E-state index contributed by atoms with van der Waals surface area (Å²) >= 11 is 0. The predicted molar refractivity (Wildman–Crippen MR) is 140 cm³/mol. The summed E-state index contributed by atoms with van der Waals surface area (Å²) in [6, 6.07) is 33.8. The Morgan fingerprint density at radius 3 is 1.75 bits per heavy atom. The fourth-order valence-corrected chi connectivity index (χ4v) is 10.7. The minimum absolute atomic E-state index is 0.402. The summed E-state index contributed by atoms with van der Waals surface area (Å²) in [5, 5.41) is 1.66. The van der Waals surface area contributed by atoms with E-state index in [4.69, 9.17) is 0 Å². The van der Waals surface area contributed by atoms with Gasteiger partial charge >= 0.3 is 0 Å². The molecular formula is C31H32Si. The Bertz CT molecular complexity index is 1150. The molecule has 4 unspecified atom stereocenters.